The average molecular weight is 489 g/mol. The second-order valence-corrected chi connectivity index (χ2v) is 7.99. The molecule has 2 atom stereocenters. The van der Waals surface area contributed by atoms with Gasteiger partial charge in [0.1, 0.15) is 30.3 Å². The van der Waals surface area contributed by atoms with Crippen molar-refractivity contribution in [1.82, 2.24) is 5.32 Å². The van der Waals surface area contributed by atoms with Crippen LogP contribution in [0.4, 0.5) is 18.0 Å². The lowest BCUT2D eigenvalue weighted by molar-refractivity contribution is -0.275. The molecule has 10 heteroatoms. The second-order valence-electron chi connectivity index (χ2n) is 7.99. The monoisotopic (exact) mass is 489 g/mol. The molecule has 0 aliphatic heterocycles. The molecule has 0 aromatic heterocycles. The molecule has 184 valence electrons. The third kappa shape index (κ3) is 5.50. The minimum absolute atomic E-state index is 0.0225. The van der Waals surface area contributed by atoms with Gasteiger partial charge in [0.25, 0.3) is 0 Å². The van der Waals surface area contributed by atoms with Gasteiger partial charge in [0.15, 0.2) is 0 Å². The van der Waals surface area contributed by atoms with Crippen LogP contribution in [0.3, 0.4) is 0 Å². The maximum Gasteiger partial charge on any atom is 0.573 e. The summed E-state index contributed by atoms with van der Waals surface area (Å²) in [6.07, 6.45) is -9.53. The fourth-order valence-corrected chi connectivity index (χ4v) is 4.14. The van der Waals surface area contributed by atoms with Gasteiger partial charge in [0.05, 0.1) is 0 Å². The van der Waals surface area contributed by atoms with Crippen LogP contribution in [0.2, 0.25) is 0 Å². The van der Waals surface area contributed by atoms with Gasteiger partial charge in [-0.1, -0.05) is 48.5 Å². The number of amides is 1. The summed E-state index contributed by atoms with van der Waals surface area (Å²) in [4.78, 5) is 12.3. The predicted octanol–water partition coefficient (Wildman–Crippen LogP) is 4.22. The highest BCUT2D eigenvalue weighted by atomic mass is 19.4. The Kier molecular flexibility index (Phi) is 6.86. The van der Waals surface area contributed by atoms with Crippen LogP contribution in [-0.2, 0) is 4.74 Å². The molecule has 0 fully saturated rings. The number of fused-ring (bicyclic) bond motifs is 3. The van der Waals surface area contributed by atoms with Gasteiger partial charge < -0.3 is 30.1 Å². The molecule has 0 spiro atoms. The molecule has 1 aliphatic carbocycles. The zero-order valence-electron chi connectivity index (χ0n) is 18.2. The van der Waals surface area contributed by atoms with Gasteiger partial charge in [0, 0.05) is 18.0 Å². The van der Waals surface area contributed by atoms with Gasteiger partial charge in [-0.2, -0.15) is 0 Å². The van der Waals surface area contributed by atoms with E-state index in [0.717, 1.165) is 40.5 Å². The van der Waals surface area contributed by atoms with E-state index >= 15 is 0 Å². The van der Waals surface area contributed by atoms with Gasteiger partial charge in [-0.15, -0.1) is 13.2 Å². The number of alkyl halides is 3. The summed E-state index contributed by atoms with van der Waals surface area (Å²) in [7, 11) is 0. The minimum atomic E-state index is -5.05. The fourth-order valence-electron chi connectivity index (χ4n) is 4.14. The van der Waals surface area contributed by atoms with E-state index in [1.807, 2.05) is 48.5 Å². The van der Waals surface area contributed by atoms with Gasteiger partial charge >= 0.3 is 12.5 Å². The Morgan fingerprint density at radius 2 is 1.57 bits per heavy atom. The molecule has 2 unspecified atom stereocenters. The van der Waals surface area contributed by atoms with Crippen molar-refractivity contribution >= 4 is 6.09 Å². The number of rotatable bonds is 7. The standard InChI is InChI=1S/C25H22F3NO6/c26-25(27,28)35-22-10-9-14(30)11-19(22)23(32)21(31)12-29-24(33)34-13-20-17-7-3-1-5-15(17)16-6-2-4-8-18(16)20/h1-11,20-21,23,30-32H,12-13H2,(H,29,33). The summed E-state index contributed by atoms with van der Waals surface area (Å²) < 4.78 is 47.1. The first-order chi connectivity index (χ1) is 16.6. The molecule has 0 saturated heterocycles. The first-order valence-electron chi connectivity index (χ1n) is 10.7. The summed E-state index contributed by atoms with van der Waals surface area (Å²) in [5, 5.41) is 32.4. The van der Waals surface area contributed by atoms with Crippen molar-refractivity contribution in [3.8, 4) is 22.6 Å². The predicted molar refractivity (Wildman–Crippen MR) is 119 cm³/mol. The number of ether oxygens (including phenoxy) is 2. The number of nitrogens with one attached hydrogen (secondary N) is 1. The quantitative estimate of drug-likeness (QED) is 0.396. The van der Waals surface area contributed by atoms with Gasteiger partial charge in [-0.3, -0.25) is 0 Å². The summed E-state index contributed by atoms with van der Waals surface area (Å²) >= 11 is 0. The molecule has 3 aromatic rings. The number of carbonyl (C=O) groups excluding carboxylic acids is 1. The third-order valence-corrected chi connectivity index (χ3v) is 5.70. The molecule has 3 aromatic carbocycles. The van der Waals surface area contributed by atoms with Gasteiger partial charge in [-0.05, 0) is 40.5 Å². The summed E-state index contributed by atoms with van der Waals surface area (Å²) in [6.45, 7) is -0.506. The zero-order chi connectivity index (χ0) is 25.2. The Bertz CT molecular complexity index is 1170. The number of alkyl carbamates (subject to hydrolysis) is 1. The van der Waals surface area contributed by atoms with Gasteiger partial charge in [-0.25, -0.2) is 4.79 Å². The maximum absolute atomic E-state index is 12.6. The van der Waals surface area contributed by atoms with Crippen LogP contribution < -0.4 is 10.1 Å². The zero-order valence-corrected chi connectivity index (χ0v) is 18.2. The fraction of sp³-hybridized carbons (Fsp3) is 0.240. The minimum Gasteiger partial charge on any atom is -0.508 e. The lowest BCUT2D eigenvalue weighted by Gasteiger charge is -2.22. The number of benzene rings is 3. The van der Waals surface area contributed by atoms with Crippen LogP contribution in [-0.4, -0.2) is 47.0 Å². The van der Waals surface area contributed by atoms with Crippen LogP contribution >= 0.6 is 0 Å². The molecule has 0 heterocycles. The Balaban J connectivity index is 1.36. The molecular formula is C25H22F3NO6. The Labute approximate surface area is 198 Å². The van der Waals surface area contributed by atoms with E-state index in [4.69, 9.17) is 4.74 Å². The van der Waals surface area contributed by atoms with Crippen LogP contribution in [0.15, 0.2) is 66.7 Å². The molecular weight excluding hydrogens is 467 g/mol. The SMILES string of the molecule is O=C(NCC(O)C(O)c1cc(O)ccc1OC(F)(F)F)OCC1c2ccccc2-c2ccccc21. The molecule has 1 aliphatic rings. The molecule has 0 radical (unpaired) electrons. The molecule has 35 heavy (non-hydrogen) atoms. The Morgan fingerprint density at radius 1 is 0.971 bits per heavy atom. The van der Waals surface area contributed by atoms with E-state index in [2.05, 4.69) is 10.1 Å². The van der Waals surface area contributed by atoms with Crippen LogP contribution in [0.25, 0.3) is 11.1 Å². The molecule has 1 amide bonds. The smallest absolute Gasteiger partial charge is 0.508 e. The van der Waals surface area contributed by atoms with E-state index in [9.17, 15) is 33.3 Å². The van der Waals surface area contributed by atoms with Crippen molar-refractivity contribution in [2.75, 3.05) is 13.2 Å². The highest BCUT2D eigenvalue weighted by Gasteiger charge is 2.34. The number of carbonyl (C=O) groups is 1. The number of aliphatic hydroxyl groups excluding tert-OH is 2. The number of phenolic OH excluding ortho intramolecular Hbond substituents is 1. The highest BCUT2D eigenvalue weighted by Crippen LogP contribution is 2.44. The van der Waals surface area contributed by atoms with Crippen molar-refractivity contribution in [3.63, 3.8) is 0 Å². The van der Waals surface area contributed by atoms with E-state index < -0.39 is 48.3 Å². The first kappa shape index (κ1) is 24.4. The first-order valence-corrected chi connectivity index (χ1v) is 10.7. The summed E-state index contributed by atoms with van der Waals surface area (Å²) in [6, 6.07) is 18.1. The number of hydrogen-bond acceptors (Lipinski definition) is 6. The molecule has 4 N–H and O–H groups in total. The molecule has 4 rings (SSSR count). The second kappa shape index (κ2) is 9.85. The summed E-state index contributed by atoms with van der Waals surface area (Å²) in [5.74, 6) is -1.41. The van der Waals surface area contributed by atoms with Crippen LogP contribution in [0, 0.1) is 0 Å². The number of phenols is 1. The highest BCUT2D eigenvalue weighted by molar-refractivity contribution is 5.79. The van der Waals surface area contributed by atoms with Crippen molar-refractivity contribution in [2.24, 2.45) is 0 Å². The van der Waals surface area contributed by atoms with E-state index in [-0.39, 0.29) is 12.5 Å². The van der Waals surface area contributed by atoms with Crippen molar-refractivity contribution in [3.05, 3.63) is 83.4 Å². The topological polar surface area (TPSA) is 108 Å². The third-order valence-electron chi connectivity index (χ3n) is 5.70. The number of aliphatic hydroxyl groups is 2. The number of aromatic hydroxyl groups is 1. The molecule has 0 bridgehead atoms. The van der Waals surface area contributed by atoms with Crippen molar-refractivity contribution in [1.29, 1.82) is 0 Å². The van der Waals surface area contributed by atoms with E-state index in [1.165, 1.54) is 0 Å². The average Bonchev–Trinajstić information content (AvgIpc) is 3.14. The summed E-state index contributed by atoms with van der Waals surface area (Å²) in [5.41, 5.74) is 3.64. The largest absolute Gasteiger partial charge is 0.573 e. The maximum atomic E-state index is 12.6. The van der Waals surface area contributed by atoms with Crippen molar-refractivity contribution in [2.45, 2.75) is 24.5 Å². The Morgan fingerprint density at radius 3 is 2.17 bits per heavy atom. The van der Waals surface area contributed by atoms with E-state index in [1.54, 1.807) is 0 Å². The lowest BCUT2D eigenvalue weighted by atomic mass is 9.98. The lowest BCUT2D eigenvalue weighted by Crippen LogP contribution is -2.36. The molecule has 7 nitrogen and oxygen atoms in total. The van der Waals surface area contributed by atoms with Gasteiger partial charge in [0.2, 0.25) is 0 Å². The van der Waals surface area contributed by atoms with E-state index in [0.29, 0.717) is 0 Å². The van der Waals surface area contributed by atoms with Crippen molar-refractivity contribution < 1.29 is 42.8 Å². The normalized spacial score (nSPS) is 14.5. The Hall–Kier alpha value is -3.76. The van der Waals surface area contributed by atoms with Crippen LogP contribution in [0.1, 0.15) is 28.7 Å². The number of hydrogen-bond donors (Lipinski definition) is 4. The number of halogens is 3. The molecule has 0 saturated carbocycles. The van der Waals surface area contributed by atoms with Crippen LogP contribution in [0.5, 0.6) is 11.5 Å².